The minimum atomic E-state index is -0.863. The molecule has 1 aliphatic heterocycles. The zero-order chi connectivity index (χ0) is 30.0. The molecule has 43 heavy (non-hydrogen) atoms. The van der Waals surface area contributed by atoms with Crippen molar-refractivity contribution in [3.05, 3.63) is 107 Å². The maximum atomic E-state index is 14.0. The largest absolute Gasteiger partial charge is 0.461 e. The van der Waals surface area contributed by atoms with Crippen LogP contribution >= 0.6 is 0 Å². The third-order valence-corrected chi connectivity index (χ3v) is 7.11. The Bertz CT molecular complexity index is 1480. The lowest BCUT2D eigenvalue weighted by Gasteiger charge is -2.25. The fourth-order valence-corrected chi connectivity index (χ4v) is 4.91. The molecule has 1 aliphatic rings. The van der Waals surface area contributed by atoms with Crippen LogP contribution in [0.1, 0.15) is 34.6 Å². The number of hydrogen-bond donors (Lipinski definition) is 0. The van der Waals surface area contributed by atoms with E-state index in [0.29, 0.717) is 54.8 Å². The van der Waals surface area contributed by atoms with Crippen molar-refractivity contribution in [2.45, 2.75) is 32.8 Å². The van der Waals surface area contributed by atoms with Gasteiger partial charge in [-0.05, 0) is 40.5 Å². The molecule has 222 valence electrons. The van der Waals surface area contributed by atoms with E-state index < -0.39 is 19.3 Å². The van der Waals surface area contributed by atoms with Crippen LogP contribution in [0, 0.1) is 0 Å². The first-order valence-corrected chi connectivity index (χ1v) is 14.1. The van der Waals surface area contributed by atoms with Crippen LogP contribution in [0.25, 0.3) is 28.7 Å². The van der Waals surface area contributed by atoms with Crippen LogP contribution in [0.15, 0.2) is 83.3 Å². The third-order valence-electron chi connectivity index (χ3n) is 7.11. The van der Waals surface area contributed by atoms with Crippen LogP contribution in [0.5, 0.6) is 0 Å². The highest BCUT2D eigenvalue weighted by Gasteiger charge is 2.19. The second kappa shape index (κ2) is 14.5. The molecule has 1 fully saturated rings. The van der Waals surface area contributed by atoms with E-state index >= 15 is 0 Å². The van der Waals surface area contributed by atoms with E-state index in [4.69, 9.17) is 13.9 Å². The summed E-state index contributed by atoms with van der Waals surface area (Å²) >= 11 is 0. The van der Waals surface area contributed by atoms with E-state index in [2.05, 4.69) is 4.98 Å². The average Bonchev–Trinajstić information content (AvgIpc) is 3.50. The molecule has 1 aromatic heterocycles. The summed E-state index contributed by atoms with van der Waals surface area (Å²) in [6.07, 6.45) is 3.01. The molecular weight excluding hydrogens is 554 g/mol. The van der Waals surface area contributed by atoms with Gasteiger partial charge in [0.05, 0.1) is 19.6 Å². The summed E-state index contributed by atoms with van der Waals surface area (Å²) in [7, 11) is 0. The van der Waals surface area contributed by atoms with Gasteiger partial charge in [0, 0.05) is 36.7 Å². The lowest BCUT2D eigenvalue weighted by atomic mass is 9.98. The van der Waals surface area contributed by atoms with E-state index in [-0.39, 0.29) is 36.5 Å². The van der Waals surface area contributed by atoms with Gasteiger partial charge in [0.2, 0.25) is 5.91 Å². The molecule has 0 saturated carbocycles. The minimum absolute atomic E-state index is 0.0133. The highest BCUT2D eigenvalue weighted by molar-refractivity contribution is 5.92. The molecule has 9 heteroatoms. The summed E-state index contributed by atoms with van der Waals surface area (Å²) in [5.41, 5.74) is 3.67. The van der Waals surface area contributed by atoms with Crippen molar-refractivity contribution in [2.75, 3.05) is 26.3 Å². The first kappa shape index (κ1) is 29.8. The third kappa shape index (κ3) is 7.61. The van der Waals surface area contributed by atoms with Gasteiger partial charge in [0.25, 0.3) is 0 Å². The molecule has 2 heterocycles. The molecule has 1 saturated heterocycles. The van der Waals surface area contributed by atoms with Gasteiger partial charge in [-0.25, -0.2) is 13.8 Å². The number of halogens is 2. The van der Waals surface area contributed by atoms with Gasteiger partial charge in [-0.3, -0.25) is 9.59 Å². The maximum Gasteiger partial charge on any atom is 0.306 e. The van der Waals surface area contributed by atoms with Crippen molar-refractivity contribution < 1.29 is 32.3 Å². The molecule has 0 N–H and O–H groups in total. The van der Waals surface area contributed by atoms with E-state index in [1.54, 1.807) is 4.90 Å². The molecule has 7 nitrogen and oxygen atoms in total. The zero-order valence-corrected chi connectivity index (χ0v) is 23.6. The molecule has 0 spiro atoms. The summed E-state index contributed by atoms with van der Waals surface area (Å²) in [6.45, 7) is -0.0171. The van der Waals surface area contributed by atoms with Gasteiger partial charge < -0.3 is 18.8 Å². The fourth-order valence-electron chi connectivity index (χ4n) is 4.91. The summed E-state index contributed by atoms with van der Waals surface area (Å²) in [5.74, 6) is 0.281. The van der Waals surface area contributed by atoms with Crippen molar-refractivity contribution >= 4 is 18.0 Å². The van der Waals surface area contributed by atoms with Crippen molar-refractivity contribution in [1.82, 2.24) is 9.88 Å². The molecule has 0 atom stereocenters. The average molecular weight is 587 g/mol. The second-order valence-electron chi connectivity index (χ2n) is 10.0. The van der Waals surface area contributed by atoms with Crippen molar-refractivity contribution in [3.63, 3.8) is 0 Å². The minimum Gasteiger partial charge on any atom is -0.461 e. The van der Waals surface area contributed by atoms with Crippen LogP contribution in [0.4, 0.5) is 8.78 Å². The van der Waals surface area contributed by atoms with Gasteiger partial charge in [-0.2, -0.15) is 0 Å². The Morgan fingerprint density at radius 2 is 1.53 bits per heavy atom. The first-order valence-electron chi connectivity index (χ1n) is 14.1. The molecule has 0 bridgehead atoms. The quantitative estimate of drug-likeness (QED) is 0.148. The van der Waals surface area contributed by atoms with Crippen LogP contribution in [-0.4, -0.2) is 48.1 Å². The fraction of sp³-hybridized carbons (Fsp3) is 0.265. The Kier molecular flexibility index (Phi) is 10.1. The van der Waals surface area contributed by atoms with E-state index in [1.165, 1.54) is 24.3 Å². The Balaban J connectivity index is 1.23. The lowest BCUT2D eigenvalue weighted by molar-refractivity contribution is -0.145. The number of esters is 1. The van der Waals surface area contributed by atoms with Crippen LogP contribution < -0.4 is 0 Å². The molecule has 4 aromatic rings. The van der Waals surface area contributed by atoms with Gasteiger partial charge in [-0.1, -0.05) is 60.7 Å². The molecule has 0 unspecified atom stereocenters. The number of benzene rings is 3. The van der Waals surface area contributed by atoms with E-state index in [9.17, 15) is 18.4 Å². The number of amides is 1. The number of aromatic nitrogens is 1. The number of alkyl halides is 2. The van der Waals surface area contributed by atoms with Crippen molar-refractivity contribution in [2.24, 2.45) is 0 Å². The molecule has 0 radical (unpaired) electrons. The topological polar surface area (TPSA) is 81.9 Å². The molecule has 0 aliphatic carbocycles. The second-order valence-corrected chi connectivity index (χ2v) is 10.0. The first-order chi connectivity index (χ1) is 21.1. The predicted octanol–water partition coefficient (Wildman–Crippen LogP) is 6.50. The lowest BCUT2D eigenvalue weighted by Crippen LogP contribution is -2.39. The van der Waals surface area contributed by atoms with Gasteiger partial charge >= 0.3 is 5.97 Å². The van der Waals surface area contributed by atoms with E-state index in [0.717, 1.165) is 11.1 Å². The van der Waals surface area contributed by atoms with Crippen LogP contribution in [0.2, 0.25) is 0 Å². The Hall–Kier alpha value is -4.63. The SMILES string of the molecule is O=C(CCc1nc(-c2ccccc2)c(-c2ccccc2)o1)OCc1cc(CF)c(/C=C/C(=O)N2CCOCC2)c(CF)c1. The monoisotopic (exact) mass is 586 g/mol. The standard InChI is InChI=1S/C34H32F2N2O5/c35-21-27-19-24(20-28(22-36)29(27)11-13-31(39)38-15-17-41-18-16-38)23-42-32(40)14-12-30-37-33(25-7-3-1-4-8-25)34(43-30)26-9-5-2-6-10-26/h1-11,13,19-20H,12,14-18,21-23H2/b13-11+. The predicted molar refractivity (Wildman–Crippen MR) is 158 cm³/mol. The van der Waals surface area contributed by atoms with E-state index in [1.807, 2.05) is 60.7 Å². The number of ether oxygens (including phenoxy) is 2. The molecule has 1 amide bonds. The highest BCUT2D eigenvalue weighted by atomic mass is 19.1. The van der Waals surface area contributed by atoms with Gasteiger partial charge in [0.15, 0.2) is 11.7 Å². The maximum absolute atomic E-state index is 14.0. The van der Waals surface area contributed by atoms with Gasteiger partial charge in [0.1, 0.15) is 25.6 Å². The van der Waals surface area contributed by atoms with Crippen LogP contribution in [0.3, 0.4) is 0 Å². The Labute approximate surface area is 248 Å². The number of rotatable bonds is 11. The number of hydrogen-bond acceptors (Lipinski definition) is 6. The summed E-state index contributed by atoms with van der Waals surface area (Å²) in [5, 5.41) is 0. The highest BCUT2D eigenvalue weighted by Crippen LogP contribution is 2.33. The molecule has 3 aromatic carbocycles. The number of aryl methyl sites for hydroxylation is 1. The summed E-state index contributed by atoms with van der Waals surface area (Å²) in [4.78, 5) is 31.4. The summed E-state index contributed by atoms with van der Waals surface area (Å²) < 4.78 is 44.7. The van der Waals surface area contributed by atoms with Crippen LogP contribution in [-0.2, 0) is 45.4 Å². The van der Waals surface area contributed by atoms with Crippen molar-refractivity contribution in [3.8, 4) is 22.6 Å². The summed E-state index contributed by atoms with van der Waals surface area (Å²) in [6, 6.07) is 22.3. The molecule has 5 rings (SSSR count). The van der Waals surface area contributed by atoms with Gasteiger partial charge in [-0.15, -0.1) is 0 Å². The molecular formula is C34H32F2N2O5. The number of morpholine rings is 1. The zero-order valence-electron chi connectivity index (χ0n) is 23.6. The number of nitrogens with zero attached hydrogens (tertiary/aromatic N) is 2. The Morgan fingerprint density at radius 1 is 0.907 bits per heavy atom. The normalized spacial score (nSPS) is 13.4. The Morgan fingerprint density at radius 3 is 2.16 bits per heavy atom. The van der Waals surface area contributed by atoms with Crippen molar-refractivity contribution in [1.29, 1.82) is 0 Å². The number of carbonyl (C=O) groups excluding carboxylic acids is 2. The smallest absolute Gasteiger partial charge is 0.306 e. The number of carbonyl (C=O) groups is 2. The number of oxazole rings is 1.